The molecule has 1 aromatic heterocycles. The first-order valence-electron chi connectivity index (χ1n) is 10.6. The third-order valence-electron chi connectivity index (χ3n) is 5.79. The van der Waals surface area contributed by atoms with E-state index in [4.69, 9.17) is 9.72 Å². The van der Waals surface area contributed by atoms with Crippen molar-refractivity contribution in [2.75, 3.05) is 39.0 Å². The van der Waals surface area contributed by atoms with Crippen LogP contribution >= 0.6 is 11.8 Å². The first kappa shape index (κ1) is 22.6. The molecular weight excluding hydrogens is 433 g/mol. The average molecular weight is 460 g/mol. The molecular formula is C22H26FN5O3S. The molecule has 0 saturated carbocycles. The summed E-state index contributed by atoms with van der Waals surface area (Å²) in [5.41, 5.74) is 8.49. The van der Waals surface area contributed by atoms with Crippen molar-refractivity contribution in [3.05, 3.63) is 42.0 Å². The van der Waals surface area contributed by atoms with E-state index in [0.29, 0.717) is 24.8 Å². The maximum atomic E-state index is 13.5. The Morgan fingerprint density at radius 1 is 1.25 bits per heavy atom. The van der Waals surface area contributed by atoms with Crippen LogP contribution < -0.4 is 10.9 Å². The first-order valence-corrected chi connectivity index (χ1v) is 11.6. The molecule has 2 aliphatic heterocycles. The molecule has 2 N–H and O–H groups in total. The Kier molecular flexibility index (Phi) is 7.33. The Bertz CT molecular complexity index is 969. The van der Waals surface area contributed by atoms with Crippen LogP contribution in [0.25, 0.3) is 11.1 Å². The van der Waals surface area contributed by atoms with Gasteiger partial charge in [-0.15, -0.1) is 0 Å². The minimum absolute atomic E-state index is 0.0237. The molecule has 2 saturated heterocycles. The smallest absolute Gasteiger partial charge is 0.316 e. The van der Waals surface area contributed by atoms with Gasteiger partial charge < -0.3 is 9.64 Å². The molecule has 32 heavy (non-hydrogen) atoms. The Morgan fingerprint density at radius 2 is 2.00 bits per heavy atom. The highest BCUT2D eigenvalue weighted by Crippen LogP contribution is 2.34. The fraction of sp³-hybridized carbons (Fsp3) is 0.455. The highest BCUT2D eigenvalue weighted by Gasteiger charge is 2.32. The normalized spacial score (nSPS) is 19.2. The first-order chi connectivity index (χ1) is 15.5. The molecule has 10 heteroatoms. The number of piperidine rings is 1. The van der Waals surface area contributed by atoms with Crippen LogP contribution in [0.4, 0.5) is 4.39 Å². The third kappa shape index (κ3) is 5.25. The van der Waals surface area contributed by atoms with Crippen LogP contribution in [0.2, 0.25) is 0 Å². The van der Waals surface area contributed by atoms with E-state index in [2.05, 4.69) is 15.8 Å². The molecule has 0 radical (unpaired) electrons. The number of nitrogens with zero attached hydrogens (tertiary/aromatic N) is 3. The molecule has 4 rings (SSSR count). The van der Waals surface area contributed by atoms with Crippen molar-refractivity contribution in [2.45, 2.75) is 23.9 Å². The van der Waals surface area contributed by atoms with E-state index in [-0.39, 0.29) is 35.3 Å². The number of carbonyl (C=O) groups excluding carboxylic acids is 2. The highest BCUT2D eigenvalue weighted by molar-refractivity contribution is 7.99. The molecule has 1 aromatic carbocycles. The van der Waals surface area contributed by atoms with Gasteiger partial charge in [0.15, 0.2) is 5.16 Å². The summed E-state index contributed by atoms with van der Waals surface area (Å²) in [5, 5.41) is 0.476. The number of ether oxygens (including phenoxy) is 1. The van der Waals surface area contributed by atoms with E-state index in [1.807, 2.05) is 4.90 Å². The number of likely N-dealkylation sites (tertiary alicyclic amines) is 1. The minimum atomic E-state index is -0.351. The second kappa shape index (κ2) is 10.4. The van der Waals surface area contributed by atoms with Gasteiger partial charge >= 0.3 is 5.97 Å². The van der Waals surface area contributed by atoms with Crippen molar-refractivity contribution in [3.8, 4) is 11.1 Å². The molecule has 1 amide bonds. The molecule has 8 nitrogen and oxygen atoms in total. The van der Waals surface area contributed by atoms with Gasteiger partial charge in [-0.3, -0.25) is 20.4 Å². The van der Waals surface area contributed by atoms with Gasteiger partial charge in [0.05, 0.1) is 24.5 Å². The van der Waals surface area contributed by atoms with Crippen molar-refractivity contribution < 1.29 is 18.7 Å². The monoisotopic (exact) mass is 459 g/mol. The summed E-state index contributed by atoms with van der Waals surface area (Å²) >= 11 is 1.21. The number of hydrogen-bond acceptors (Lipinski definition) is 8. The zero-order valence-corrected chi connectivity index (χ0v) is 18.7. The van der Waals surface area contributed by atoms with Crippen LogP contribution in [0.5, 0.6) is 0 Å². The molecule has 2 fully saturated rings. The number of halogens is 1. The average Bonchev–Trinajstić information content (AvgIpc) is 3.37. The van der Waals surface area contributed by atoms with E-state index in [9.17, 15) is 14.0 Å². The number of thioether (sulfide) groups is 1. The van der Waals surface area contributed by atoms with Crippen LogP contribution in [0.3, 0.4) is 0 Å². The summed E-state index contributed by atoms with van der Waals surface area (Å²) < 4.78 is 18.2. The number of rotatable bonds is 6. The number of aromatic nitrogens is 2. The predicted octanol–water partition coefficient (Wildman–Crippen LogP) is 1.98. The molecule has 1 unspecified atom stereocenters. The largest absolute Gasteiger partial charge is 0.468 e. The Labute approximate surface area is 190 Å². The van der Waals surface area contributed by atoms with Crippen LogP contribution in [0.15, 0.2) is 35.6 Å². The third-order valence-corrected chi connectivity index (χ3v) is 6.62. The SMILES string of the molecule is COC(=O)CSc1ncc(-c2ccc(F)cc2)c(C2CCCN(C(=O)C3CNNC3)C2)n1. The van der Waals surface area contributed by atoms with Crippen LogP contribution in [-0.2, 0) is 14.3 Å². The highest BCUT2D eigenvalue weighted by atomic mass is 32.2. The van der Waals surface area contributed by atoms with Gasteiger partial charge in [-0.1, -0.05) is 23.9 Å². The number of hydrazine groups is 1. The maximum absolute atomic E-state index is 13.5. The number of nitrogens with one attached hydrogen (secondary N) is 2. The summed E-state index contributed by atoms with van der Waals surface area (Å²) in [6.07, 6.45) is 3.49. The van der Waals surface area contributed by atoms with Gasteiger partial charge in [-0.2, -0.15) is 0 Å². The molecule has 0 aliphatic carbocycles. The van der Waals surface area contributed by atoms with Crippen LogP contribution in [0.1, 0.15) is 24.5 Å². The molecule has 3 heterocycles. The Hall–Kier alpha value is -2.56. The fourth-order valence-corrected chi connectivity index (χ4v) is 4.74. The minimum Gasteiger partial charge on any atom is -0.468 e. The molecule has 0 bridgehead atoms. The quantitative estimate of drug-likeness (QED) is 0.385. The number of benzene rings is 1. The second-order valence-corrected chi connectivity index (χ2v) is 8.85. The van der Waals surface area contributed by atoms with Crippen LogP contribution in [0, 0.1) is 11.7 Å². The lowest BCUT2D eigenvalue weighted by atomic mass is 9.89. The topological polar surface area (TPSA) is 96.5 Å². The standard InChI is InChI=1S/C22H26FN5O3S/c1-31-19(29)13-32-22-24-11-18(14-4-6-17(23)7-5-14)20(27-22)15-3-2-8-28(12-15)21(30)16-9-25-26-10-16/h4-7,11,15-16,25-26H,2-3,8-10,12-13H2,1H3. The zero-order valence-electron chi connectivity index (χ0n) is 17.8. The summed E-state index contributed by atoms with van der Waals surface area (Å²) in [7, 11) is 1.34. The summed E-state index contributed by atoms with van der Waals surface area (Å²) in [5.74, 6) is -0.448. The lowest BCUT2D eigenvalue weighted by Gasteiger charge is -2.34. The maximum Gasteiger partial charge on any atom is 0.316 e. The van der Waals surface area contributed by atoms with Gasteiger partial charge in [-0.25, -0.2) is 14.4 Å². The van der Waals surface area contributed by atoms with E-state index in [1.54, 1.807) is 18.3 Å². The van der Waals surface area contributed by atoms with Crippen molar-refractivity contribution in [3.63, 3.8) is 0 Å². The predicted molar refractivity (Wildman–Crippen MR) is 118 cm³/mol. The van der Waals surface area contributed by atoms with E-state index >= 15 is 0 Å². The summed E-state index contributed by atoms with van der Waals surface area (Å²) in [6, 6.07) is 6.24. The Morgan fingerprint density at radius 3 is 2.72 bits per heavy atom. The summed E-state index contributed by atoms with van der Waals surface area (Å²) in [6.45, 7) is 2.56. The number of methoxy groups -OCH3 is 1. The van der Waals surface area contributed by atoms with Crippen molar-refractivity contribution in [2.24, 2.45) is 5.92 Å². The second-order valence-electron chi connectivity index (χ2n) is 7.91. The van der Waals surface area contributed by atoms with Gasteiger partial charge in [0.25, 0.3) is 0 Å². The molecule has 170 valence electrons. The molecule has 2 aromatic rings. The van der Waals surface area contributed by atoms with Crippen LogP contribution in [-0.4, -0.2) is 65.8 Å². The number of carbonyl (C=O) groups is 2. The Balaban J connectivity index is 1.61. The fourth-order valence-electron chi connectivity index (χ4n) is 4.09. The van der Waals surface area contributed by atoms with Crippen molar-refractivity contribution in [1.82, 2.24) is 25.7 Å². The lowest BCUT2D eigenvalue weighted by Crippen LogP contribution is -2.43. The number of esters is 1. The van der Waals surface area contributed by atoms with Crippen molar-refractivity contribution >= 4 is 23.6 Å². The zero-order chi connectivity index (χ0) is 22.5. The lowest BCUT2D eigenvalue weighted by molar-refractivity contribution is -0.137. The number of hydrogen-bond donors (Lipinski definition) is 2. The van der Waals surface area contributed by atoms with Gasteiger partial charge in [0, 0.05) is 43.9 Å². The van der Waals surface area contributed by atoms with Crippen molar-refractivity contribution in [1.29, 1.82) is 0 Å². The van der Waals surface area contributed by atoms with Gasteiger partial charge in [0.2, 0.25) is 5.91 Å². The molecule has 0 spiro atoms. The number of amides is 1. The molecule has 2 aliphatic rings. The van der Waals surface area contributed by atoms with Gasteiger partial charge in [-0.05, 0) is 30.5 Å². The molecule has 1 atom stereocenters. The summed E-state index contributed by atoms with van der Waals surface area (Å²) in [4.78, 5) is 35.6. The van der Waals surface area contributed by atoms with Gasteiger partial charge in [0.1, 0.15) is 5.82 Å². The van der Waals surface area contributed by atoms with E-state index < -0.39 is 0 Å². The van der Waals surface area contributed by atoms with E-state index in [1.165, 1.54) is 31.0 Å². The van der Waals surface area contributed by atoms with E-state index in [0.717, 1.165) is 36.2 Å².